The van der Waals surface area contributed by atoms with Crippen LogP contribution in [0, 0.1) is 0 Å². The molecule has 1 heterocycles. The number of fused-ring (bicyclic) bond motifs is 1. The summed E-state index contributed by atoms with van der Waals surface area (Å²) in [6.45, 7) is 0. The van der Waals surface area contributed by atoms with Crippen LogP contribution >= 0.6 is 0 Å². The Morgan fingerprint density at radius 3 is 2.33 bits per heavy atom. The molecule has 124 valence electrons. The number of phenolic OH excluding ortho intramolecular Hbond substituents is 1. The molecule has 0 amide bonds. The van der Waals surface area contributed by atoms with Crippen LogP contribution in [0.15, 0.2) is 41.2 Å². The average Bonchev–Trinajstić information content (AvgIpc) is 2.60. The molecule has 0 radical (unpaired) electrons. The van der Waals surface area contributed by atoms with Crippen molar-refractivity contribution in [2.45, 2.75) is 0 Å². The first-order valence-corrected chi connectivity index (χ1v) is 9.47. The first-order valence-electron chi connectivity index (χ1n) is 7.14. The van der Waals surface area contributed by atoms with Crippen LogP contribution in [0.4, 0.5) is 0 Å². The van der Waals surface area contributed by atoms with Crippen molar-refractivity contribution in [2.24, 2.45) is 0 Å². The molecule has 0 spiro atoms. The molecular weight excluding hydrogens is 424 g/mol. The summed E-state index contributed by atoms with van der Waals surface area (Å²) in [6, 6.07) is 10.4. The molecule has 6 heteroatoms. The molecule has 0 unspecified atom stereocenters. The predicted octanol–water partition coefficient (Wildman–Crippen LogP) is 2.66. The second-order valence-electron chi connectivity index (χ2n) is 5.06. The molecular formula is C18H16O5Te. The SMILES string of the molecule is COc1ccc(OC)c(-c2cc(=O)c3c(O)cc(OC)cc3[te]2)c1. The molecule has 0 atom stereocenters. The van der Waals surface area contributed by atoms with Crippen LogP contribution in [0.3, 0.4) is 0 Å². The van der Waals surface area contributed by atoms with Gasteiger partial charge in [-0.1, -0.05) is 0 Å². The zero-order valence-corrected chi connectivity index (χ0v) is 15.8. The van der Waals surface area contributed by atoms with Crippen LogP contribution < -0.4 is 19.6 Å². The Kier molecular flexibility index (Phi) is 4.70. The minimum absolute atomic E-state index is 0.0349. The van der Waals surface area contributed by atoms with Crippen LogP contribution in [0.5, 0.6) is 23.0 Å². The van der Waals surface area contributed by atoms with E-state index >= 15 is 0 Å². The van der Waals surface area contributed by atoms with Gasteiger partial charge in [-0.05, 0) is 0 Å². The van der Waals surface area contributed by atoms with E-state index in [1.807, 2.05) is 24.3 Å². The topological polar surface area (TPSA) is 65.0 Å². The summed E-state index contributed by atoms with van der Waals surface area (Å²) in [5.41, 5.74) is 0.641. The molecule has 1 N–H and O–H groups in total. The second kappa shape index (κ2) is 6.76. The maximum atomic E-state index is 12.5. The first kappa shape index (κ1) is 16.7. The van der Waals surface area contributed by atoms with Crippen molar-refractivity contribution >= 4 is 29.2 Å². The number of phenols is 1. The molecule has 5 nitrogen and oxygen atoms in total. The Morgan fingerprint density at radius 2 is 1.67 bits per heavy atom. The molecule has 2 aromatic carbocycles. The summed E-state index contributed by atoms with van der Waals surface area (Å²) < 4.78 is 17.7. The standard InChI is InChI=1S/C18H16O5Te/c1-21-10-4-5-15(23-3)12(6-10)16-9-14(20)18-13(19)7-11(22-2)8-17(18)24-16/h4-9,19H,1-3H3. The third kappa shape index (κ3) is 2.95. The number of rotatable bonds is 4. The van der Waals surface area contributed by atoms with Gasteiger partial charge in [0.1, 0.15) is 0 Å². The van der Waals surface area contributed by atoms with Gasteiger partial charge in [0.15, 0.2) is 0 Å². The zero-order valence-electron chi connectivity index (χ0n) is 13.5. The fourth-order valence-electron chi connectivity index (χ4n) is 2.50. The van der Waals surface area contributed by atoms with Crippen molar-refractivity contribution in [1.82, 2.24) is 0 Å². The van der Waals surface area contributed by atoms with Gasteiger partial charge in [0.2, 0.25) is 0 Å². The molecule has 3 rings (SSSR count). The summed E-state index contributed by atoms with van der Waals surface area (Å²) in [7, 11) is 4.73. The van der Waals surface area contributed by atoms with Crippen molar-refractivity contribution in [3.63, 3.8) is 0 Å². The van der Waals surface area contributed by atoms with Crippen LogP contribution in [0.1, 0.15) is 0 Å². The summed E-state index contributed by atoms with van der Waals surface area (Å²) in [5, 5.41) is 10.5. The van der Waals surface area contributed by atoms with E-state index in [1.54, 1.807) is 20.3 Å². The first-order chi connectivity index (χ1) is 11.6. The molecule has 3 aromatic rings. The maximum absolute atomic E-state index is 12.5. The van der Waals surface area contributed by atoms with Gasteiger partial charge in [-0.2, -0.15) is 0 Å². The number of benzene rings is 2. The Labute approximate surface area is 148 Å². The second-order valence-corrected chi connectivity index (χ2v) is 8.15. The van der Waals surface area contributed by atoms with Crippen molar-refractivity contribution in [3.8, 4) is 32.1 Å². The molecule has 0 aliphatic heterocycles. The quantitative estimate of drug-likeness (QED) is 0.633. The number of methoxy groups -OCH3 is 3. The normalized spacial score (nSPS) is 10.6. The van der Waals surface area contributed by atoms with E-state index in [1.165, 1.54) is 13.2 Å². The zero-order chi connectivity index (χ0) is 17.3. The Hall–Kier alpha value is -2.16. The monoisotopic (exact) mass is 442 g/mol. The van der Waals surface area contributed by atoms with Gasteiger partial charge in [-0.3, -0.25) is 0 Å². The van der Waals surface area contributed by atoms with E-state index in [2.05, 4.69) is 0 Å². The molecule has 0 saturated heterocycles. The average molecular weight is 440 g/mol. The molecule has 0 aliphatic rings. The summed E-state index contributed by atoms with van der Waals surface area (Å²) in [6.07, 6.45) is 0. The predicted molar refractivity (Wildman–Crippen MR) is 93.9 cm³/mol. The van der Waals surface area contributed by atoms with Crippen molar-refractivity contribution in [2.75, 3.05) is 21.3 Å². The summed E-state index contributed by atoms with van der Waals surface area (Å²) in [4.78, 5) is 12.5. The fourth-order valence-corrected chi connectivity index (χ4v) is 5.80. The number of aromatic hydroxyl groups is 1. The van der Waals surface area contributed by atoms with Gasteiger partial charge < -0.3 is 0 Å². The van der Waals surface area contributed by atoms with E-state index in [4.69, 9.17) is 14.2 Å². The van der Waals surface area contributed by atoms with Gasteiger partial charge in [-0.25, -0.2) is 0 Å². The van der Waals surface area contributed by atoms with E-state index in [0.717, 1.165) is 12.5 Å². The summed E-state index contributed by atoms with van der Waals surface area (Å²) in [5.74, 6) is 1.90. The Morgan fingerprint density at radius 1 is 0.917 bits per heavy atom. The number of hydrogen-bond acceptors (Lipinski definition) is 5. The number of ether oxygens (including phenoxy) is 3. The van der Waals surface area contributed by atoms with E-state index in [9.17, 15) is 9.90 Å². The van der Waals surface area contributed by atoms with Gasteiger partial charge in [0, 0.05) is 0 Å². The minimum atomic E-state index is -0.906. The van der Waals surface area contributed by atoms with Crippen molar-refractivity contribution in [1.29, 1.82) is 0 Å². The van der Waals surface area contributed by atoms with Crippen LogP contribution in [-0.2, 0) is 0 Å². The van der Waals surface area contributed by atoms with E-state index < -0.39 is 20.4 Å². The molecule has 0 aliphatic carbocycles. The van der Waals surface area contributed by atoms with Gasteiger partial charge >= 0.3 is 149 Å². The molecule has 24 heavy (non-hydrogen) atoms. The van der Waals surface area contributed by atoms with Gasteiger partial charge in [-0.15, -0.1) is 0 Å². The van der Waals surface area contributed by atoms with Crippen molar-refractivity contribution in [3.05, 3.63) is 46.6 Å². The summed E-state index contributed by atoms with van der Waals surface area (Å²) >= 11 is -0.906. The van der Waals surface area contributed by atoms with Crippen LogP contribution in [0.2, 0.25) is 0 Å². The molecule has 1 aromatic heterocycles. The van der Waals surface area contributed by atoms with Gasteiger partial charge in [0.25, 0.3) is 0 Å². The van der Waals surface area contributed by atoms with E-state index in [0.29, 0.717) is 22.6 Å². The number of hydrogen-bond donors (Lipinski definition) is 1. The molecule has 0 bridgehead atoms. The van der Waals surface area contributed by atoms with Gasteiger partial charge in [0.05, 0.1) is 0 Å². The Balaban J connectivity index is 2.30. The third-order valence-electron chi connectivity index (χ3n) is 3.69. The van der Waals surface area contributed by atoms with Crippen molar-refractivity contribution < 1.29 is 19.3 Å². The fraction of sp³-hybridized carbons (Fsp3) is 0.167. The van der Waals surface area contributed by atoms with Crippen LogP contribution in [0.25, 0.3) is 17.9 Å². The molecule has 0 fully saturated rings. The van der Waals surface area contributed by atoms with Crippen LogP contribution in [-0.4, -0.2) is 46.9 Å². The third-order valence-corrected chi connectivity index (χ3v) is 6.83. The van der Waals surface area contributed by atoms with E-state index in [-0.39, 0.29) is 11.2 Å². The Bertz CT molecular complexity index is 962. The molecule has 0 saturated carbocycles.